The molecule has 0 spiro atoms. The van der Waals surface area contributed by atoms with Crippen molar-refractivity contribution in [2.24, 2.45) is 5.73 Å². The highest BCUT2D eigenvalue weighted by Crippen LogP contribution is 2.43. The van der Waals surface area contributed by atoms with E-state index in [-0.39, 0.29) is 0 Å². The summed E-state index contributed by atoms with van der Waals surface area (Å²) in [7, 11) is 2.23. The smallest absolute Gasteiger partial charge is 0.0485 e. The van der Waals surface area contributed by atoms with Crippen LogP contribution >= 0.6 is 0 Å². The van der Waals surface area contributed by atoms with Gasteiger partial charge in [0.25, 0.3) is 0 Å². The van der Waals surface area contributed by atoms with Crippen LogP contribution in [0.2, 0.25) is 0 Å². The Bertz CT molecular complexity index is 658. The van der Waals surface area contributed by atoms with Gasteiger partial charge < -0.3 is 15.2 Å². The fourth-order valence-electron chi connectivity index (χ4n) is 4.42. The van der Waals surface area contributed by atoms with Gasteiger partial charge in [-0.15, -0.1) is 0 Å². The lowest BCUT2D eigenvalue weighted by Gasteiger charge is -2.44. The van der Waals surface area contributed by atoms with Crippen LogP contribution in [0.15, 0.2) is 24.4 Å². The van der Waals surface area contributed by atoms with Crippen LogP contribution in [0.3, 0.4) is 0 Å². The Morgan fingerprint density at radius 3 is 3.00 bits per heavy atom. The Morgan fingerprint density at radius 1 is 1.35 bits per heavy atom. The highest BCUT2D eigenvalue weighted by molar-refractivity contribution is 5.89. The van der Waals surface area contributed by atoms with Crippen molar-refractivity contribution in [2.75, 3.05) is 13.6 Å². The molecule has 0 amide bonds. The van der Waals surface area contributed by atoms with E-state index in [4.69, 9.17) is 5.73 Å². The number of nitrogens with two attached hydrogens (primary N) is 1. The molecule has 0 saturated carbocycles. The maximum Gasteiger partial charge on any atom is 0.0485 e. The average molecular weight is 269 g/mol. The van der Waals surface area contributed by atoms with Crippen molar-refractivity contribution < 1.29 is 0 Å². The Labute approximate surface area is 120 Å². The minimum Gasteiger partial charge on any atom is -0.347 e. The van der Waals surface area contributed by atoms with Crippen LogP contribution in [0.1, 0.15) is 30.4 Å². The van der Waals surface area contributed by atoms with Crippen molar-refractivity contribution in [2.45, 2.75) is 44.3 Å². The lowest BCUT2D eigenvalue weighted by molar-refractivity contribution is 0.141. The summed E-state index contributed by atoms with van der Waals surface area (Å²) in [5.41, 5.74) is 10.7. The van der Waals surface area contributed by atoms with E-state index >= 15 is 0 Å². The minimum atomic E-state index is 0.311. The summed E-state index contributed by atoms with van der Waals surface area (Å²) < 4.78 is 2.39. The molecule has 1 saturated heterocycles. The van der Waals surface area contributed by atoms with E-state index in [0.717, 1.165) is 19.5 Å². The molecular weight excluding hydrogens is 246 g/mol. The molecule has 1 aromatic carbocycles. The fraction of sp³-hybridized carbons (Fsp3) is 0.529. The molecule has 0 bridgehead atoms. The summed E-state index contributed by atoms with van der Waals surface area (Å²) in [6.07, 6.45) is 4.67. The Balaban J connectivity index is 1.93. The summed E-state index contributed by atoms with van der Waals surface area (Å²) in [6, 6.07) is 7.75. The van der Waals surface area contributed by atoms with Gasteiger partial charge in [-0.25, -0.2) is 0 Å². The van der Waals surface area contributed by atoms with Gasteiger partial charge in [0.15, 0.2) is 0 Å². The molecule has 0 radical (unpaired) electrons. The van der Waals surface area contributed by atoms with Crippen LogP contribution in [0, 0.1) is 0 Å². The van der Waals surface area contributed by atoms with Crippen LogP contribution < -0.4 is 5.73 Å². The number of hydrogen-bond acceptors (Lipinski definition) is 2. The highest BCUT2D eigenvalue weighted by atomic mass is 15.2. The average Bonchev–Trinajstić information content (AvgIpc) is 2.80. The van der Waals surface area contributed by atoms with Gasteiger partial charge in [0, 0.05) is 48.2 Å². The van der Waals surface area contributed by atoms with E-state index in [9.17, 15) is 0 Å². The van der Waals surface area contributed by atoms with E-state index in [0.29, 0.717) is 18.0 Å². The maximum absolute atomic E-state index is 6.26. The molecule has 3 heteroatoms. The quantitative estimate of drug-likeness (QED) is 0.862. The standard InChI is InChI=1S/C17H23N3/c1-3-20-9-11-7-16-14(8-12(18)10-19(16)2)13-5-4-6-15(20)17(11)13/h4-6,9,12,14,16H,3,7-8,10,18H2,1-2H3/t12-,14+,16+/m0/s1. The lowest BCUT2D eigenvalue weighted by atomic mass is 9.74. The maximum atomic E-state index is 6.26. The summed E-state index contributed by atoms with van der Waals surface area (Å²) in [5.74, 6) is 0.604. The monoisotopic (exact) mass is 269 g/mol. The first-order chi connectivity index (χ1) is 9.69. The fourth-order valence-corrected chi connectivity index (χ4v) is 4.42. The van der Waals surface area contributed by atoms with Gasteiger partial charge in [-0.3, -0.25) is 0 Å². The first kappa shape index (κ1) is 12.4. The molecule has 2 aliphatic rings. The largest absolute Gasteiger partial charge is 0.347 e. The molecule has 106 valence electrons. The molecule has 1 fully saturated rings. The van der Waals surface area contributed by atoms with Crippen molar-refractivity contribution in [1.82, 2.24) is 9.47 Å². The summed E-state index contributed by atoms with van der Waals surface area (Å²) in [6.45, 7) is 4.30. The van der Waals surface area contributed by atoms with Crippen LogP contribution in [-0.4, -0.2) is 35.1 Å². The molecule has 2 aromatic rings. The zero-order valence-corrected chi connectivity index (χ0v) is 12.3. The molecule has 4 rings (SSSR count). The van der Waals surface area contributed by atoms with Gasteiger partial charge >= 0.3 is 0 Å². The number of nitrogens with zero attached hydrogens (tertiary/aromatic N) is 2. The van der Waals surface area contributed by atoms with Crippen molar-refractivity contribution in [3.63, 3.8) is 0 Å². The van der Waals surface area contributed by atoms with Crippen molar-refractivity contribution >= 4 is 10.9 Å². The summed E-state index contributed by atoms with van der Waals surface area (Å²) in [4.78, 5) is 2.48. The van der Waals surface area contributed by atoms with Gasteiger partial charge in [0.05, 0.1) is 0 Å². The van der Waals surface area contributed by atoms with Gasteiger partial charge in [-0.1, -0.05) is 12.1 Å². The molecule has 1 aliphatic heterocycles. The number of likely N-dealkylation sites (tertiary alicyclic amines) is 1. The van der Waals surface area contributed by atoms with Crippen LogP contribution in [0.25, 0.3) is 10.9 Å². The van der Waals surface area contributed by atoms with Crippen LogP contribution in [0.5, 0.6) is 0 Å². The number of aromatic nitrogens is 1. The molecule has 20 heavy (non-hydrogen) atoms. The van der Waals surface area contributed by atoms with Crippen LogP contribution in [0.4, 0.5) is 0 Å². The van der Waals surface area contributed by atoms with Gasteiger partial charge in [-0.2, -0.15) is 0 Å². The minimum absolute atomic E-state index is 0.311. The molecule has 2 heterocycles. The second-order valence-corrected chi connectivity index (χ2v) is 6.50. The van der Waals surface area contributed by atoms with Gasteiger partial charge in [0.1, 0.15) is 0 Å². The number of likely N-dealkylation sites (N-methyl/N-ethyl adjacent to an activating group) is 1. The molecular formula is C17H23N3. The SMILES string of the molecule is CCn1cc2c3c(cccc31)[C@H]1C[C@H](N)CN(C)[C@@H]1C2. The number of aryl methyl sites for hydroxylation is 1. The second kappa shape index (κ2) is 4.34. The van der Waals surface area contributed by atoms with E-state index in [1.54, 1.807) is 0 Å². The Kier molecular flexibility index (Phi) is 2.69. The third-order valence-electron chi connectivity index (χ3n) is 5.30. The highest BCUT2D eigenvalue weighted by Gasteiger charge is 2.38. The third kappa shape index (κ3) is 1.60. The number of fused-ring (bicyclic) bond motifs is 2. The lowest BCUT2D eigenvalue weighted by Crippen LogP contribution is -2.52. The number of hydrogen-bond donors (Lipinski definition) is 1. The van der Waals surface area contributed by atoms with E-state index in [2.05, 4.69) is 47.8 Å². The molecule has 0 unspecified atom stereocenters. The number of benzene rings is 1. The predicted molar refractivity (Wildman–Crippen MR) is 83.1 cm³/mol. The van der Waals surface area contributed by atoms with E-state index in [1.165, 1.54) is 28.5 Å². The van der Waals surface area contributed by atoms with E-state index < -0.39 is 0 Å². The number of piperidine rings is 1. The molecule has 1 aliphatic carbocycles. The zero-order chi connectivity index (χ0) is 13.9. The molecule has 2 N–H and O–H groups in total. The second-order valence-electron chi connectivity index (χ2n) is 6.50. The van der Waals surface area contributed by atoms with Crippen molar-refractivity contribution in [3.8, 4) is 0 Å². The normalized spacial score (nSPS) is 29.6. The zero-order valence-electron chi connectivity index (χ0n) is 12.3. The molecule has 1 aromatic heterocycles. The van der Waals surface area contributed by atoms with Crippen LogP contribution in [-0.2, 0) is 13.0 Å². The predicted octanol–water partition coefficient (Wildman–Crippen LogP) is 2.33. The van der Waals surface area contributed by atoms with Gasteiger partial charge in [0.2, 0.25) is 0 Å². The van der Waals surface area contributed by atoms with Crippen molar-refractivity contribution in [3.05, 3.63) is 35.5 Å². The van der Waals surface area contributed by atoms with Gasteiger partial charge in [-0.05, 0) is 44.0 Å². The molecule has 3 atom stereocenters. The number of rotatable bonds is 1. The first-order valence-corrected chi connectivity index (χ1v) is 7.75. The topological polar surface area (TPSA) is 34.2 Å². The van der Waals surface area contributed by atoms with E-state index in [1.807, 2.05) is 0 Å². The molecule has 3 nitrogen and oxygen atoms in total. The Hall–Kier alpha value is -1.32. The van der Waals surface area contributed by atoms with Crippen molar-refractivity contribution in [1.29, 1.82) is 0 Å². The Morgan fingerprint density at radius 2 is 2.20 bits per heavy atom. The summed E-state index contributed by atoms with van der Waals surface area (Å²) >= 11 is 0. The summed E-state index contributed by atoms with van der Waals surface area (Å²) in [5, 5.41) is 1.51. The third-order valence-corrected chi connectivity index (χ3v) is 5.30. The first-order valence-electron chi connectivity index (χ1n) is 7.75.